The third-order valence-electron chi connectivity index (χ3n) is 3.34. The van der Waals surface area contributed by atoms with Crippen LogP contribution in [0, 0.1) is 10.1 Å². The molecule has 1 aromatic heterocycles. The van der Waals surface area contributed by atoms with Gasteiger partial charge in [0.05, 0.1) is 10.1 Å². The summed E-state index contributed by atoms with van der Waals surface area (Å²) in [5.74, 6) is -0.455. The van der Waals surface area contributed by atoms with Crippen LogP contribution in [-0.4, -0.2) is 10.7 Å². The molecule has 0 amide bonds. The van der Waals surface area contributed by atoms with Gasteiger partial charge in [0, 0.05) is 24.3 Å². The van der Waals surface area contributed by atoms with Crippen molar-refractivity contribution in [1.29, 1.82) is 0 Å². The van der Waals surface area contributed by atoms with Crippen LogP contribution in [0.4, 0.5) is 0 Å². The number of rotatable bonds is 1. The van der Waals surface area contributed by atoms with Crippen LogP contribution in [-0.2, 0) is 16.0 Å². The number of carbonyl (C=O) groups excluding carboxylic acids is 1. The Morgan fingerprint density at radius 1 is 1.47 bits per heavy atom. The lowest BCUT2D eigenvalue weighted by atomic mass is 10.2. The van der Waals surface area contributed by atoms with E-state index >= 15 is 0 Å². The molecule has 1 aliphatic carbocycles. The molecule has 1 atom stereocenters. The van der Waals surface area contributed by atoms with Crippen LogP contribution in [0.25, 0.3) is 11.0 Å². The fourth-order valence-electron chi connectivity index (χ4n) is 2.57. The van der Waals surface area contributed by atoms with E-state index < -0.39 is 12.1 Å². The SMILES string of the molecule is CC(=O)OC1CCc2c1[n+](=O)c1ccccc1n2[O-]. The Balaban J connectivity index is 2.29. The minimum atomic E-state index is -0.630. The highest BCUT2D eigenvalue weighted by atomic mass is 16.5. The van der Waals surface area contributed by atoms with Crippen LogP contribution >= 0.6 is 0 Å². The van der Waals surface area contributed by atoms with Crippen molar-refractivity contribution in [2.45, 2.75) is 25.9 Å². The predicted octanol–water partition coefficient (Wildman–Crippen LogP) is 1.45. The molecule has 98 valence electrons. The molecular formula is C13H12N2O4. The molecule has 6 heteroatoms. The lowest BCUT2D eigenvalue weighted by Gasteiger charge is -2.16. The number of hydrogen-bond acceptors (Lipinski definition) is 4. The van der Waals surface area contributed by atoms with E-state index in [-0.39, 0.29) is 11.2 Å². The smallest absolute Gasteiger partial charge is 0.303 e. The molecule has 0 N–H and O–H groups in total. The van der Waals surface area contributed by atoms with Crippen LogP contribution in [0.2, 0.25) is 0 Å². The monoisotopic (exact) mass is 260 g/mol. The van der Waals surface area contributed by atoms with Crippen molar-refractivity contribution in [2.24, 2.45) is 0 Å². The van der Waals surface area contributed by atoms with E-state index in [0.29, 0.717) is 28.5 Å². The standard InChI is InChI=1S/C13H12N2O4/c1-8(16)19-12-7-6-11-13(12)15(18)10-5-3-2-4-9(10)14(11)17/h2-5,12H,6-7H2,1H3. The van der Waals surface area contributed by atoms with Crippen LogP contribution < -0.4 is 4.43 Å². The van der Waals surface area contributed by atoms with Gasteiger partial charge < -0.3 is 14.7 Å². The Morgan fingerprint density at radius 3 is 2.95 bits per heavy atom. The van der Waals surface area contributed by atoms with Crippen molar-refractivity contribution >= 4 is 17.0 Å². The second kappa shape index (κ2) is 4.08. The van der Waals surface area contributed by atoms with Gasteiger partial charge in [-0.25, -0.2) is 0 Å². The van der Waals surface area contributed by atoms with Gasteiger partial charge in [-0.1, -0.05) is 12.1 Å². The first-order valence-corrected chi connectivity index (χ1v) is 6.03. The number of hydrogen-bond donors (Lipinski definition) is 0. The Morgan fingerprint density at radius 2 is 2.21 bits per heavy atom. The third-order valence-corrected chi connectivity index (χ3v) is 3.34. The molecular weight excluding hydrogens is 248 g/mol. The molecule has 2 aromatic rings. The molecule has 0 aliphatic heterocycles. The average Bonchev–Trinajstić information content (AvgIpc) is 2.79. The van der Waals surface area contributed by atoms with E-state index in [4.69, 9.17) is 4.74 Å². The summed E-state index contributed by atoms with van der Waals surface area (Å²) in [7, 11) is 0. The zero-order valence-electron chi connectivity index (χ0n) is 10.3. The van der Waals surface area contributed by atoms with Crippen molar-refractivity contribution in [3.05, 3.63) is 45.8 Å². The number of para-hydroxylation sites is 2. The molecule has 0 saturated heterocycles. The highest BCUT2D eigenvalue weighted by molar-refractivity contribution is 5.72. The molecule has 0 radical (unpaired) electrons. The third kappa shape index (κ3) is 1.68. The normalized spacial score (nSPS) is 17.4. The molecule has 1 aliphatic rings. The quantitative estimate of drug-likeness (QED) is 0.574. The molecule has 0 fully saturated rings. The van der Waals surface area contributed by atoms with E-state index in [1.54, 1.807) is 24.3 Å². The maximum absolute atomic E-state index is 12.3. The molecule has 0 spiro atoms. The Hall–Kier alpha value is -2.37. The van der Waals surface area contributed by atoms with Crippen LogP contribution in [0.3, 0.4) is 0 Å². The first-order chi connectivity index (χ1) is 9.09. The largest absolute Gasteiger partial charge is 0.805 e. The van der Waals surface area contributed by atoms with Gasteiger partial charge in [-0.15, -0.1) is 0 Å². The van der Waals surface area contributed by atoms with Crippen LogP contribution in [0.15, 0.2) is 24.3 Å². The zero-order valence-corrected chi connectivity index (χ0v) is 10.3. The second-order valence-corrected chi connectivity index (χ2v) is 4.55. The first kappa shape index (κ1) is 11.7. The maximum Gasteiger partial charge on any atom is 0.303 e. The number of benzene rings is 1. The van der Waals surface area contributed by atoms with Crippen molar-refractivity contribution in [2.75, 3.05) is 0 Å². The van der Waals surface area contributed by atoms with Gasteiger partial charge in [0.2, 0.25) is 0 Å². The maximum atomic E-state index is 12.3. The molecule has 3 rings (SSSR count). The minimum Gasteiger partial charge on any atom is -0.805 e. The highest BCUT2D eigenvalue weighted by Crippen LogP contribution is 2.32. The number of carbonyl (C=O) groups is 1. The van der Waals surface area contributed by atoms with Crippen molar-refractivity contribution < 1.29 is 14.0 Å². The van der Waals surface area contributed by atoms with Gasteiger partial charge in [-0.2, -0.15) is 0 Å². The second-order valence-electron chi connectivity index (χ2n) is 4.55. The Kier molecular flexibility index (Phi) is 2.51. The lowest BCUT2D eigenvalue weighted by Crippen LogP contribution is -2.28. The van der Waals surface area contributed by atoms with E-state index in [1.165, 1.54) is 6.92 Å². The average molecular weight is 260 g/mol. The predicted molar refractivity (Wildman–Crippen MR) is 66.9 cm³/mol. The van der Waals surface area contributed by atoms with E-state index in [0.717, 1.165) is 4.73 Å². The van der Waals surface area contributed by atoms with Crippen LogP contribution in [0.5, 0.6) is 0 Å². The Labute approximate surface area is 108 Å². The summed E-state index contributed by atoms with van der Waals surface area (Å²) in [6.07, 6.45) is 0.273. The summed E-state index contributed by atoms with van der Waals surface area (Å²) >= 11 is 0. The van der Waals surface area contributed by atoms with E-state index in [2.05, 4.69) is 0 Å². The van der Waals surface area contributed by atoms with E-state index in [1.807, 2.05) is 0 Å². The van der Waals surface area contributed by atoms with Crippen molar-refractivity contribution in [3.63, 3.8) is 0 Å². The molecule has 1 unspecified atom stereocenters. The van der Waals surface area contributed by atoms with Crippen molar-refractivity contribution in [1.82, 2.24) is 4.73 Å². The van der Waals surface area contributed by atoms with Gasteiger partial charge in [-0.05, 0) is 12.5 Å². The lowest BCUT2D eigenvalue weighted by molar-refractivity contribution is -0.481. The molecule has 0 bridgehead atoms. The van der Waals surface area contributed by atoms with Crippen LogP contribution in [0.1, 0.15) is 30.8 Å². The summed E-state index contributed by atoms with van der Waals surface area (Å²) in [5, 5.41) is 12.2. The van der Waals surface area contributed by atoms with Gasteiger partial charge >= 0.3 is 5.97 Å². The molecule has 1 aromatic carbocycles. The summed E-state index contributed by atoms with van der Waals surface area (Å²) in [6.45, 7) is 1.29. The van der Waals surface area contributed by atoms with Gasteiger partial charge in [0.1, 0.15) is 5.52 Å². The molecule has 0 saturated carbocycles. The van der Waals surface area contributed by atoms with Gasteiger partial charge in [0.15, 0.2) is 6.10 Å². The van der Waals surface area contributed by atoms with Gasteiger partial charge in [0.25, 0.3) is 11.2 Å². The molecule has 19 heavy (non-hydrogen) atoms. The zero-order chi connectivity index (χ0) is 13.6. The number of ether oxygens (including phenoxy) is 1. The number of fused-ring (bicyclic) bond motifs is 2. The fraction of sp³-hybridized carbons (Fsp3) is 0.308. The fourth-order valence-corrected chi connectivity index (χ4v) is 2.57. The summed E-state index contributed by atoms with van der Waals surface area (Å²) in [6, 6.07) is 6.59. The number of esters is 1. The highest BCUT2D eigenvalue weighted by Gasteiger charge is 2.37. The summed E-state index contributed by atoms with van der Waals surface area (Å²) < 4.78 is 6.58. The van der Waals surface area contributed by atoms with Gasteiger partial charge in [-0.3, -0.25) is 4.79 Å². The topological polar surface area (TPSA) is 77.3 Å². The Bertz CT molecular complexity index is 735. The minimum absolute atomic E-state index is 0.254. The van der Waals surface area contributed by atoms with Crippen molar-refractivity contribution in [3.8, 4) is 0 Å². The number of nitrogens with zero attached hydrogens (tertiary/aromatic N) is 2. The summed E-state index contributed by atoms with van der Waals surface area (Å²) in [5.41, 5.74) is 1.26. The molecule has 1 heterocycles. The summed E-state index contributed by atoms with van der Waals surface area (Å²) in [4.78, 5) is 23.4. The first-order valence-electron chi connectivity index (χ1n) is 6.03. The number of aromatic nitrogens is 2. The van der Waals surface area contributed by atoms with E-state index in [9.17, 15) is 14.9 Å². The molecule has 6 nitrogen and oxygen atoms in total.